The molecule has 1 atom stereocenters. The van der Waals surface area contributed by atoms with E-state index in [9.17, 15) is 5.11 Å². The van der Waals surface area contributed by atoms with Crippen molar-refractivity contribution in [1.82, 2.24) is 9.97 Å². The first kappa shape index (κ1) is 16.0. The molecular weight excluding hydrogens is 324 g/mol. The van der Waals surface area contributed by atoms with Gasteiger partial charge in [-0.05, 0) is 37.3 Å². The molecule has 0 radical (unpaired) electrons. The van der Waals surface area contributed by atoms with Gasteiger partial charge in [0.05, 0.1) is 6.20 Å². The number of rotatable bonds is 4. The van der Waals surface area contributed by atoms with Crippen LogP contribution >= 0.6 is 0 Å². The maximum absolute atomic E-state index is 11.0. The van der Waals surface area contributed by atoms with Crippen LogP contribution in [0.25, 0.3) is 10.9 Å². The van der Waals surface area contributed by atoms with E-state index in [2.05, 4.69) is 20.3 Å². The maximum Gasteiger partial charge on any atom is 0.272 e. The van der Waals surface area contributed by atoms with E-state index in [0.29, 0.717) is 5.52 Å². The number of benzene rings is 1. The summed E-state index contributed by atoms with van der Waals surface area (Å²) in [5.74, 6) is 1.04. The Bertz CT molecular complexity index is 1040. The predicted octanol–water partition coefficient (Wildman–Crippen LogP) is 3.66. The summed E-state index contributed by atoms with van der Waals surface area (Å²) in [4.78, 5) is 11.8. The number of aromatic nitrogens is 3. The monoisotopic (exact) mass is 343 g/mol. The van der Waals surface area contributed by atoms with Crippen LogP contribution in [0.15, 0.2) is 73.2 Å². The minimum Gasteiger partial charge on any atom is -0.505 e. The normalized spacial score (nSPS) is 12.0. The van der Waals surface area contributed by atoms with Crippen LogP contribution in [0.3, 0.4) is 0 Å². The van der Waals surface area contributed by atoms with E-state index >= 15 is 0 Å². The smallest absolute Gasteiger partial charge is 0.272 e. The van der Waals surface area contributed by atoms with Crippen molar-refractivity contribution >= 4 is 16.7 Å². The third kappa shape index (κ3) is 3.07. The van der Waals surface area contributed by atoms with Crippen LogP contribution in [-0.2, 0) is 0 Å². The number of aryl methyl sites for hydroxylation is 1. The minimum absolute atomic E-state index is 0.191. The Balaban J connectivity index is 1.86. The first-order valence-electron chi connectivity index (χ1n) is 8.45. The van der Waals surface area contributed by atoms with Crippen molar-refractivity contribution in [3.05, 3.63) is 90.0 Å². The van der Waals surface area contributed by atoms with Crippen molar-refractivity contribution in [3.8, 4) is 5.75 Å². The second kappa shape index (κ2) is 6.80. The number of phenols is 1. The van der Waals surface area contributed by atoms with Crippen LogP contribution < -0.4 is 10.3 Å². The second-order valence-corrected chi connectivity index (χ2v) is 6.16. The molecule has 0 fully saturated rings. The van der Waals surface area contributed by atoms with Crippen molar-refractivity contribution < 1.29 is 10.1 Å². The molecule has 128 valence electrons. The number of pyridine rings is 3. The Morgan fingerprint density at radius 2 is 1.81 bits per heavy atom. The third-order valence-electron chi connectivity index (χ3n) is 4.37. The molecule has 0 aliphatic rings. The summed E-state index contributed by atoms with van der Waals surface area (Å²) < 4.78 is 0. The Kier molecular flexibility index (Phi) is 4.19. The first-order chi connectivity index (χ1) is 12.7. The third-order valence-corrected chi connectivity index (χ3v) is 4.37. The molecule has 5 heteroatoms. The molecule has 1 aromatic carbocycles. The number of aromatic amines is 1. The zero-order valence-corrected chi connectivity index (χ0v) is 14.3. The van der Waals surface area contributed by atoms with Crippen LogP contribution in [-0.4, -0.2) is 15.1 Å². The largest absolute Gasteiger partial charge is 0.505 e. The summed E-state index contributed by atoms with van der Waals surface area (Å²) in [6, 6.07) is 17.3. The molecular formula is C21H19N4O+. The van der Waals surface area contributed by atoms with Crippen molar-refractivity contribution in [2.24, 2.45) is 0 Å². The molecule has 3 heterocycles. The van der Waals surface area contributed by atoms with Gasteiger partial charge in [0, 0.05) is 40.7 Å². The number of phenolic OH excluding ortho intramolecular Hbond substituents is 1. The fourth-order valence-corrected chi connectivity index (χ4v) is 3.05. The number of hydrogen-bond donors (Lipinski definition) is 2. The molecule has 0 unspecified atom stereocenters. The van der Waals surface area contributed by atoms with Crippen LogP contribution in [0.2, 0.25) is 0 Å². The SMILES string of the molecule is Cc1ccc2ccc([C@H](Nc3cccc[nH+]3)c3ccncc3)c(O)c2n1. The van der Waals surface area contributed by atoms with Crippen LogP contribution in [0, 0.1) is 6.92 Å². The van der Waals surface area contributed by atoms with E-state index in [1.807, 2.05) is 67.7 Å². The highest BCUT2D eigenvalue weighted by Crippen LogP contribution is 2.35. The quantitative estimate of drug-likeness (QED) is 0.593. The molecule has 4 aromatic rings. The van der Waals surface area contributed by atoms with E-state index in [1.165, 1.54) is 0 Å². The molecule has 0 aliphatic heterocycles. The highest BCUT2D eigenvalue weighted by atomic mass is 16.3. The number of fused-ring (bicyclic) bond motifs is 1. The number of anilines is 1. The van der Waals surface area contributed by atoms with Gasteiger partial charge in [0.25, 0.3) is 5.82 Å². The standard InChI is InChI=1S/C21H18N4O/c1-14-5-6-15-7-8-17(21(26)20(15)24-14)19(16-9-12-22-13-10-16)25-18-4-2-3-11-23-18/h2-13,19,26H,1H3,(H,23,25)/p+1/t19-/m1/s1. The van der Waals surface area contributed by atoms with Gasteiger partial charge >= 0.3 is 0 Å². The molecule has 3 aromatic heterocycles. The van der Waals surface area contributed by atoms with Crippen molar-refractivity contribution in [3.63, 3.8) is 0 Å². The van der Waals surface area contributed by atoms with E-state index in [-0.39, 0.29) is 11.8 Å². The average molecular weight is 343 g/mol. The van der Waals surface area contributed by atoms with Gasteiger partial charge in [-0.3, -0.25) is 10.3 Å². The fraction of sp³-hybridized carbons (Fsp3) is 0.0952. The van der Waals surface area contributed by atoms with Crippen LogP contribution in [0.4, 0.5) is 5.82 Å². The Hall–Kier alpha value is -3.47. The molecule has 0 saturated carbocycles. The zero-order chi connectivity index (χ0) is 17.9. The van der Waals surface area contributed by atoms with Crippen molar-refractivity contribution in [2.45, 2.75) is 13.0 Å². The number of hydrogen-bond acceptors (Lipinski definition) is 4. The Labute approximate surface area is 151 Å². The summed E-state index contributed by atoms with van der Waals surface area (Å²) in [5, 5.41) is 15.3. The molecule has 0 amide bonds. The van der Waals surface area contributed by atoms with Crippen molar-refractivity contribution in [2.75, 3.05) is 5.32 Å². The molecule has 0 bridgehead atoms. The molecule has 5 nitrogen and oxygen atoms in total. The second-order valence-electron chi connectivity index (χ2n) is 6.16. The average Bonchev–Trinajstić information content (AvgIpc) is 2.69. The topological polar surface area (TPSA) is 72.2 Å². The van der Waals surface area contributed by atoms with Gasteiger partial charge in [0.15, 0.2) is 0 Å². The fourth-order valence-electron chi connectivity index (χ4n) is 3.05. The molecule has 0 spiro atoms. The molecule has 4 rings (SSSR count). The van der Waals surface area contributed by atoms with E-state index < -0.39 is 0 Å². The molecule has 3 N–H and O–H groups in total. The summed E-state index contributed by atoms with van der Waals surface area (Å²) in [6.07, 6.45) is 5.36. The van der Waals surface area contributed by atoms with Gasteiger partial charge in [-0.25, -0.2) is 9.97 Å². The van der Waals surface area contributed by atoms with Gasteiger partial charge < -0.3 is 5.11 Å². The summed E-state index contributed by atoms with van der Waals surface area (Å²) in [5.41, 5.74) is 3.24. The number of nitrogens with zero attached hydrogens (tertiary/aromatic N) is 2. The lowest BCUT2D eigenvalue weighted by Crippen LogP contribution is -2.19. The Morgan fingerprint density at radius 1 is 1.00 bits per heavy atom. The highest BCUT2D eigenvalue weighted by molar-refractivity contribution is 5.86. The van der Waals surface area contributed by atoms with Crippen molar-refractivity contribution in [1.29, 1.82) is 0 Å². The lowest BCUT2D eigenvalue weighted by Gasteiger charge is -2.17. The lowest BCUT2D eigenvalue weighted by atomic mass is 9.97. The van der Waals surface area contributed by atoms with E-state index in [0.717, 1.165) is 28.0 Å². The van der Waals surface area contributed by atoms with Crippen LogP contribution in [0.1, 0.15) is 22.9 Å². The number of aromatic hydroxyl groups is 1. The minimum atomic E-state index is -0.247. The number of H-pyrrole nitrogens is 1. The predicted molar refractivity (Wildman–Crippen MR) is 101 cm³/mol. The molecule has 26 heavy (non-hydrogen) atoms. The molecule has 0 aliphatic carbocycles. The van der Waals surface area contributed by atoms with Crippen LogP contribution in [0.5, 0.6) is 5.75 Å². The van der Waals surface area contributed by atoms with Gasteiger partial charge in [-0.1, -0.05) is 18.2 Å². The summed E-state index contributed by atoms with van der Waals surface area (Å²) >= 11 is 0. The van der Waals surface area contributed by atoms with E-state index in [1.54, 1.807) is 12.4 Å². The van der Waals surface area contributed by atoms with E-state index in [4.69, 9.17) is 0 Å². The van der Waals surface area contributed by atoms with Gasteiger partial charge in [0.2, 0.25) is 0 Å². The zero-order valence-electron chi connectivity index (χ0n) is 14.3. The maximum atomic E-state index is 11.0. The van der Waals surface area contributed by atoms with Gasteiger partial charge in [-0.15, -0.1) is 0 Å². The number of nitrogens with one attached hydrogen (secondary N) is 2. The molecule has 0 saturated heterocycles. The lowest BCUT2D eigenvalue weighted by molar-refractivity contribution is -0.361. The summed E-state index contributed by atoms with van der Waals surface area (Å²) in [7, 11) is 0. The summed E-state index contributed by atoms with van der Waals surface area (Å²) in [6.45, 7) is 1.92. The highest BCUT2D eigenvalue weighted by Gasteiger charge is 2.24. The Morgan fingerprint density at radius 3 is 2.58 bits per heavy atom. The first-order valence-corrected chi connectivity index (χ1v) is 8.45. The van der Waals surface area contributed by atoms with Gasteiger partial charge in [-0.2, -0.15) is 0 Å². The van der Waals surface area contributed by atoms with Gasteiger partial charge in [0.1, 0.15) is 17.3 Å².